The van der Waals surface area contributed by atoms with Crippen LogP contribution in [0.4, 0.5) is 5.69 Å². The summed E-state index contributed by atoms with van der Waals surface area (Å²) in [6.07, 6.45) is 0. The quantitative estimate of drug-likeness (QED) is 0.446. The van der Waals surface area contributed by atoms with Crippen LogP contribution < -0.4 is 15.9 Å². The van der Waals surface area contributed by atoms with E-state index in [0.29, 0.717) is 11.4 Å². The molecule has 0 aliphatic rings. The lowest BCUT2D eigenvalue weighted by Crippen LogP contribution is -2.21. The van der Waals surface area contributed by atoms with Crippen molar-refractivity contribution in [2.45, 2.75) is 0 Å². The number of nitrogens with one attached hydrogen (secondary N) is 2. The van der Waals surface area contributed by atoms with Gasteiger partial charge >= 0.3 is 0 Å². The normalized spacial score (nSPS) is 10.5. The number of hydrazone groups is 1. The Morgan fingerprint density at radius 2 is 2.35 bits per heavy atom. The molecule has 0 aliphatic heterocycles. The van der Waals surface area contributed by atoms with E-state index in [1.807, 2.05) is 0 Å². The zero-order valence-electron chi connectivity index (χ0n) is 8.99. The topological polar surface area (TPSA) is 107 Å². The van der Waals surface area contributed by atoms with Crippen molar-refractivity contribution < 1.29 is 4.74 Å². The van der Waals surface area contributed by atoms with E-state index in [0.717, 1.165) is 4.47 Å². The summed E-state index contributed by atoms with van der Waals surface area (Å²) in [5.41, 5.74) is 8.25. The minimum Gasteiger partial charge on any atom is -0.496 e. The standard InChI is InChI=1S/C10H10BrN5O/c1-17-9-3-2-6(4-7(9)11)15-16-8(5-12)10(13)14/h2-4,15H,1H3,(H3,13,14)/b16-8+. The second-order valence-corrected chi connectivity index (χ2v) is 3.80. The van der Waals surface area contributed by atoms with Gasteiger partial charge in [0.05, 0.1) is 17.3 Å². The molecule has 0 aliphatic carbocycles. The number of nitrogens with two attached hydrogens (primary N) is 1. The molecule has 4 N–H and O–H groups in total. The molecule has 0 amide bonds. The van der Waals surface area contributed by atoms with E-state index in [9.17, 15) is 0 Å². The van der Waals surface area contributed by atoms with Crippen LogP contribution in [0.3, 0.4) is 0 Å². The average molecular weight is 296 g/mol. The zero-order valence-corrected chi connectivity index (χ0v) is 10.6. The highest BCUT2D eigenvalue weighted by Crippen LogP contribution is 2.27. The number of anilines is 1. The Morgan fingerprint density at radius 3 is 2.82 bits per heavy atom. The van der Waals surface area contributed by atoms with Gasteiger partial charge in [0, 0.05) is 0 Å². The zero-order chi connectivity index (χ0) is 12.8. The fourth-order valence-corrected chi connectivity index (χ4v) is 1.54. The SMILES string of the molecule is COc1ccc(N/N=C(\C#N)C(=N)N)cc1Br. The molecule has 6 nitrogen and oxygen atoms in total. The first kappa shape index (κ1) is 13.0. The van der Waals surface area contributed by atoms with Crippen molar-refractivity contribution in [1.82, 2.24) is 0 Å². The number of nitriles is 1. The highest BCUT2D eigenvalue weighted by molar-refractivity contribution is 9.10. The number of hydrogen-bond donors (Lipinski definition) is 3. The largest absolute Gasteiger partial charge is 0.496 e. The van der Waals surface area contributed by atoms with Crippen molar-refractivity contribution in [2.75, 3.05) is 12.5 Å². The molecule has 0 unspecified atom stereocenters. The molecular weight excluding hydrogens is 286 g/mol. The third-order valence-corrected chi connectivity index (χ3v) is 2.43. The molecule has 1 aromatic carbocycles. The Hall–Kier alpha value is -2.07. The monoisotopic (exact) mass is 295 g/mol. The summed E-state index contributed by atoms with van der Waals surface area (Å²) in [6, 6.07) is 6.91. The minimum atomic E-state index is -0.382. The molecular formula is C10H10BrN5O. The molecule has 0 heterocycles. The molecule has 0 radical (unpaired) electrons. The number of halogens is 1. The van der Waals surface area contributed by atoms with Gasteiger partial charge in [-0.3, -0.25) is 10.8 Å². The van der Waals surface area contributed by atoms with E-state index in [-0.39, 0.29) is 11.5 Å². The van der Waals surface area contributed by atoms with Crippen LogP contribution in [0.2, 0.25) is 0 Å². The van der Waals surface area contributed by atoms with E-state index < -0.39 is 0 Å². The molecule has 1 aromatic rings. The number of ether oxygens (including phenoxy) is 1. The maximum atomic E-state index is 8.64. The number of nitrogens with zero attached hydrogens (tertiary/aromatic N) is 2. The molecule has 1 rings (SSSR count). The summed E-state index contributed by atoms with van der Waals surface area (Å²) in [6.45, 7) is 0. The molecule has 0 bridgehead atoms. The maximum Gasteiger partial charge on any atom is 0.201 e. The van der Waals surface area contributed by atoms with Crippen LogP contribution in [-0.4, -0.2) is 18.7 Å². The van der Waals surface area contributed by atoms with Crippen molar-refractivity contribution in [2.24, 2.45) is 10.8 Å². The summed E-state index contributed by atoms with van der Waals surface area (Å²) in [5.74, 6) is 0.305. The van der Waals surface area contributed by atoms with Crippen molar-refractivity contribution >= 4 is 33.2 Å². The molecule has 7 heteroatoms. The minimum absolute atomic E-state index is 0.169. The van der Waals surface area contributed by atoms with Gasteiger partial charge in [-0.05, 0) is 34.1 Å². The second kappa shape index (κ2) is 5.86. The summed E-state index contributed by atoms with van der Waals surface area (Å²) in [4.78, 5) is 0. The number of benzene rings is 1. The number of amidine groups is 1. The van der Waals surface area contributed by atoms with Gasteiger partial charge in [-0.25, -0.2) is 0 Å². The molecule has 0 saturated carbocycles. The highest BCUT2D eigenvalue weighted by Gasteiger charge is 2.03. The fourth-order valence-electron chi connectivity index (χ4n) is 1.00. The predicted octanol–water partition coefficient (Wildman–Crippen LogP) is 1.69. The van der Waals surface area contributed by atoms with Gasteiger partial charge in [0.1, 0.15) is 11.8 Å². The molecule has 0 aromatic heterocycles. The molecule has 0 fully saturated rings. The van der Waals surface area contributed by atoms with Gasteiger partial charge in [0.15, 0.2) is 5.84 Å². The number of hydrogen-bond acceptors (Lipinski definition) is 5. The third-order valence-electron chi connectivity index (χ3n) is 1.81. The van der Waals surface area contributed by atoms with Gasteiger partial charge in [0.2, 0.25) is 5.71 Å². The van der Waals surface area contributed by atoms with Gasteiger partial charge in [-0.2, -0.15) is 10.4 Å². The summed E-state index contributed by atoms with van der Waals surface area (Å²) < 4.78 is 5.82. The third kappa shape index (κ3) is 3.46. The molecule has 0 atom stereocenters. The van der Waals surface area contributed by atoms with Crippen molar-refractivity contribution in [3.63, 3.8) is 0 Å². The second-order valence-electron chi connectivity index (χ2n) is 2.95. The molecule has 17 heavy (non-hydrogen) atoms. The lowest BCUT2D eigenvalue weighted by molar-refractivity contribution is 0.412. The Bertz CT molecular complexity index is 506. The van der Waals surface area contributed by atoms with Crippen molar-refractivity contribution in [3.8, 4) is 11.8 Å². The smallest absolute Gasteiger partial charge is 0.201 e. The Morgan fingerprint density at radius 1 is 1.65 bits per heavy atom. The summed E-state index contributed by atoms with van der Waals surface area (Å²) >= 11 is 3.31. The van der Waals surface area contributed by atoms with E-state index >= 15 is 0 Å². The first-order chi connectivity index (χ1) is 8.08. The predicted molar refractivity (Wildman–Crippen MR) is 69.3 cm³/mol. The molecule has 0 spiro atoms. The van der Waals surface area contributed by atoms with Crippen LogP contribution in [0.15, 0.2) is 27.8 Å². The summed E-state index contributed by atoms with van der Waals surface area (Å²) in [5, 5.41) is 19.4. The van der Waals surface area contributed by atoms with Crippen LogP contribution in [0.25, 0.3) is 0 Å². The Balaban J connectivity index is 2.87. The Kier molecular flexibility index (Phi) is 4.48. The van der Waals surface area contributed by atoms with Crippen LogP contribution in [0.5, 0.6) is 5.75 Å². The van der Waals surface area contributed by atoms with E-state index in [2.05, 4.69) is 26.5 Å². The van der Waals surface area contributed by atoms with Crippen molar-refractivity contribution in [3.05, 3.63) is 22.7 Å². The van der Waals surface area contributed by atoms with Crippen LogP contribution in [0, 0.1) is 16.7 Å². The van der Waals surface area contributed by atoms with Gasteiger partial charge < -0.3 is 10.5 Å². The average Bonchev–Trinajstić information content (AvgIpc) is 2.29. The van der Waals surface area contributed by atoms with Crippen LogP contribution in [-0.2, 0) is 0 Å². The summed E-state index contributed by atoms with van der Waals surface area (Å²) in [7, 11) is 1.56. The van der Waals surface area contributed by atoms with E-state index in [1.165, 1.54) is 0 Å². The molecule has 88 valence electrons. The maximum absolute atomic E-state index is 8.64. The van der Waals surface area contributed by atoms with Crippen LogP contribution in [0.1, 0.15) is 0 Å². The lowest BCUT2D eigenvalue weighted by atomic mass is 10.3. The van der Waals surface area contributed by atoms with Gasteiger partial charge in [-0.15, -0.1) is 0 Å². The van der Waals surface area contributed by atoms with E-state index in [4.69, 9.17) is 21.1 Å². The fraction of sp³-hybridized carbons (Fsp3) is 0.100. The lowest BCUT2D eigenvalue weighted by Gasteiger charge is -2.05. The van der Waals surface area contributed by atoms with Crippen LogP contribution >= 0.6 is 15.9 Å². The highest BCUT2D eigenvalue weighted by atomic mass is 79.9. The van der Waals surface area contributed by atoms with Crippen molar-refractivity contribution in [1.29, 1.82) is 10.7 Å². The first-order valence-corrected chi connectivity index (χ1v) is 5.29. The number of methoxy groups -OCH3 is 1. The van der Waals surface area contributed by atoms with Gasteiger partial charge in [0.25, 0.3) is 0 Å². The first-order valence-electron chi connectivity index (χ1n) is 4.50. The van der Waals surface area contributed by atoms with Gasteiger partial charge in [-0.1, -0.05) is 0 Å². The molecule has 0 saturated heterocycles. The van der Waals surface area contributed by atoms with E-state index in [1.54, 1.807) is 31.4 Å². The number of rotatable bonds is 4. The Labute approximate surface area is 107 Å².